The number of hydrogen-bond acceptors (Lipinski definition) is 3. The highest BCUT2D eigenvalue weighted by atomic mass is 15.3. The Balaban J connectivity index is 1.96. The van der Waals surface area contributed by atoms with Crippen LogP contribution in [0.1, 0.15) is 11.1 Å². The summed E-state index contributed by atoms with van der Waals surface area (Å²) in [5.74, 6) is 0.908. The van der Waals surface area contributed by atoms with Crippen LogP contribution in [0.5, 0.6) is 0 Å². The Hall–Kier alpha value is -1.97. The highest BCUT2D eigenvalue weighted by Crippen LogP contribution is 2.29. The zero-order valence-corrected chi connectivity index (χ0v) is 8.27. The van der Waals surface area contributed by atoms with Gasteiger partial charge in [0.1, 0.15) is 0 Å². The van der Waals surface area contributed by atoms with Gasteiger partial charge in [0.25, 0.3) is 0 Å². The predicted octanol–water partition coefficient (Wildman–Crippen LogP) is 1.51. The molecule has 4 heteroatoms. The highest BCUT2D eigenvalue weighted by Gasteiger charge is 2.21. The molecule has 0 unspecified atom stereocenters. The first-order valence-corrected chi connectivity index (χ1v) is 4.95. The number of benzene rings is 1. The van der Waals surface area contributed by atoms with Crippen molar-refractivity contribution in [3.05, 3.63) is 41.7 Å². The number of nitrogens with one attached hydrogen (secondary N) is 1. The molecular weight excluding hydrogens is 188 g/mol. The Labute approximate surface area is 87.7 Å². The Kier molecular flexibility index (Phi) is 1.68. The lowest BCUT2D eigenvalue weighted by atomic mass is 10.1. The number of H-pyrrole nitrogens is 1. The largest absolute Gasteiger partial charge is 0.398 e. The normalized spacial score (nSPS) is 14.3. The van der Waals surface area contributed by atoms with Crippen LogP contribution < -0.4 is 10.6 Å². The lowest BCUT2D eigenvalue weighted by Crippen LogP contribution is -2.15. The summed E-state index contributed by atoms with van der Waals surface area (Å²) in [5, 5.41) is 0. The molecule has 3 N–H and O–H groups in total. The third kappa shape index (κ3) is 1.26. The molecule has 0 radical (unpaired) electrons. The van der Waals surface area contributed by atoms with Crippen molar-refractivity contribution in [2.75, 3.05) is 10.6 Å². The molecule has 3 rings (SSSR count). The molecule has 0 amide bonds. The molecule has 0 atom stereocenters. The summed E-state index contributed by atoms with van der Waals surface area (Å²) in [7, 11) is 0. The molecule has 0 saturated heterocycles. The topological polar surface area (TPSA) is 57.9 Å². The maximum atomic E-state index is 5.93. The number of nitrogens with zero attached hydrogens (tertiary/aromatic N) is 2. The van der Waals surface area contributed by atoms with E-state index in [0.717, 1.165) is 24.7 Å². The molecule has 1 aromatic heterocycles. The highest BCUT2D eigenvalue weighted by molar-refractivity contribution is 5.56. The van der Waals surface area contributed by atoms with Crippen LogP contribution >= 0.6 is 0 Å². The number of imidazole rings is 1. The number of nitrogens with two attached hydrogens (primary N) is 1. The van der Waals surface area contributed by atoms with Crippen LogP contribution in [0.2, 0.25) is 0 Å². The summed E-state index contributed by atoms with van der Waals surface area (Å²) in [4.78, 5) is 9.53. The molecule has 2 aromatic rings. The van der Waals surface area contributed by atoms with Crippen LogP contribution in [-0.4, -0.2) is 9.97 Å². The standard InChI is InChI=1S/C11H12N4/c12-10-3-1-2-8-6-15(7-9(8)10)11-13-4-5-14-11/h1-5H,6-7,12H2,(H,13,14). The number of aromatic amines is 1. The van der Waals surface area contributed by atoms with Gasteiger partial charge in [-0.25, -0.2) is 4.98 Å². The quantitative estimate of drug-likeness (QED) is 0.686. The second-order valence-corrected chi connectivity index (χ2v) is 3.75. The fourth-order valence-electron chi connectivity index (χ4n) is 2.03. The molecular formula is C11H12N4. The van der Waals surface area contributed by atoms with Crippen molar-refractivity contribution in [1.29, 1.82) is 0 Å². The molecule has 0 bridgehead atoms. The molecule has 2 heterocycles. The fraction of sp³-hybridized carbons (Fsp3) is 0.182. The minimum atomic E-state index is 0.843. The van der Waals surface area contributed by atoms with Gasteiger partial charge in [-0.1, -0.05) is 12.1 Å². The first-order chi connectivity index (χ1) is 7.34. The Morgan fingerprint density at radius 2 is 2.27 bits per heavy atom. The number of nitrogen functional groups attached to an aromatic ring is 1. The van der Waals surface area contributed by atoms with Gasteiger partial charge < -0.3 is 15.6 Å². The predicted molar refractivity (Wildman–Crippen MR) is 59.3 cm³/mol. The Bertz CT molecular complexity index is 475. The summed E-state index contributed by atoms with van der Waals surface area (Å²) in [6.45, 7) is 1.73. The summed E-state index contributed by atoms with van der Waals surface area (Å²) in [6.07, 6.45) is 3.60. The molecule has 1 aromatic carbocycles. The molecule has 15 heavy (non-hydrogen) atoms. The van der Waals surface area contributed by atoms with Crippen LogP contribution in [0.25, 0.3) is 0 Å². The summed E-state index contributed by atoms with van der Waals surface area (Å²) < 4.78 is 0. The van der Waals surface area contributed by atoms with Crippen LogP contribution in [0.4, 0.5) is 11.6 Å². The molecule has 0 aliphatic carbocycles. The zero-order chi connectivity index (χ0) is 10.3. The Morgan fingerprint density at radius 1 is 1.33 bits per heavy atom. The van der Waals surface area contributed by atoms with Gasteiger partial charge in [-0.15, -0.1) is 0 Å². The van der Waals surface area contributed by atoms with Crippen molar-refractivity contribution in [3.63, 3.8) is 0 Å². The van der Waals surface area contributed by atoms with E-state index in [1.165, 1.54) is 11.1 Å². The van der Waals surface area contributed by atoms with Gasteiger partial charge in [-0.05, 0) is 17.2 Å². The second-order valence-electron chi connectivity index (χ2n) is 3.75. The van der Waals surface area contributed by atoms with Crippen molar-refractivity contribution in [3.8, 4) is 0 Å². The minimum Gasteiger partial charge on any atom is -0.398 e. The van der Waals surface area contributed by atoms with Crippen LogP contribution in [-0.2, 0) is 13.1 Å². The molecule has 0 fully saturated rings. The van der Waals surface area contributed by atoms with Gasteiger partial charge in [0.05, 0.1) is 0 Å². The smallest absolute Gasteiger partial charge is 0.203 e. The number of fused-ring (bicyclic) bond motifs is 1. The van der Waals surface area contributed by atoms with E-state index < -0.39 is 0 Å². The van der Waals surface area contributed by atoms with Crippen molar-refractivity contribution in [2.24, 2.45) is 0 Å². The average Bonchev–Trinajstić information content (AvgIpc) is 2.86. The van der Waals surface area contributed by atoms with E-state index in [1.54, 1.807) is 6.20 Å². The van der Waals surface area contributed by atoms with Crippen LogP contribution in [0.15, 0.2) is 30.6 Å². The van der Waals surface area contributed by atoms with E-state index in [0.29, 0.717) is 0 Å². The number of aromatic nitrogens is 2. The van der Waals surface area contributed by atoms with Crippen LogP contribution in [0.3, 0.4) is 0 Å². The maximum Gasteiger partial charge on any atom is 0.203 e. The lowest BCUT2D eigenvalue weighted by Gasteiger charge is -2.12. The monoisotopic (exact) mass is 200 g/mol. The number of anilines is 2. The van der Waals surface area contributed by atoms with Gasteiger partial charge in [-0.2, -0.15) is 0 Å². The van der Waals surface area contributed by atoms with E-state index in [4.69, 9.17) is 5.73 Å². The van der Waals surface area contributed by atoms with E-state index in [2.05, 4.69) is 20.9 Å². The molecule has 1 aliphatic heterocycles. The van der Waals surface area contributed by atoms with Crippen LogP contribution in [0, 0.1) is 0 Å². The van der Waals surface area contributed by atoms with E-state index >= 15 is 0 Å². The molecule has 0 spiro atoms. The SMILES string of the molecule is Nc1cccc2c1CN(c1ncc[nH]1)C2. The third-order valence-corrected chi connectivity index (χ3v) is 2.80. The van der Waals surface area contributed by atoms with E-state index in [9.17, 15) is 0 Å². The van der Waals surface area contributed by atoms with Gasteiger partial charge in [0.15, 0.2) is 0 Å². The lowest BCUT2D eigenvalue weighted by molar-refractivity contribution is 0.842. The average molecular weight is 200 g/mol. The molecule has 4 nitrogen and oxygen atoms in total. The third-order valence-electron chi connectivity index (χ3n) is 2.80. The zero-order valence-electron chi connectivity index (χ0n) is 8.27. The first-order valence-electron chi connectivity index (χ1n) is 4.95. The van der Waals surface area contributed by atoms with Gasteiger partial charge >= 0.3 is 0 Å². The van der Waals surface area contributed by atoms with Gasteiger partial charge in [0.2, 0.25) is 5.95 Å². The van der Waals surface area contributed by atoms with Crippen molar-refractivity contribution in [1.82, 2.24) is 9.97 Å². The summed E-state index contributed by atoms with van der Waals surface area (Å²) in [5.41, 5.74) is 9.33. The van der Waals surface area contributed by atoms with Crippen molar-refractivity contribution in [2.45, 2.75) is 13.1 Å². The number of hydrogen-bond donors (Lipinski definition) is 2. The van der Waals surface area contributed by atoms with Crippen molar-refractivity contribution < 1.29 is 0 Å². The fourth-order valence-corrected chi connectivity index (χ4v) is 2.03. The summed E-state index contributed by atoms with van der Waals surface area (Å²) >= 11 is 0. The molecule has 76 valence electrons. The van der Waals surface area contributed by atoms with E-state index in [1.807, 2.05) is 18.3 Å². The van der Waals surface area contributed by atoms with E-state index in [-0.39, 0.29) is 0 Å². The summed E-state index contributed by atoms with van der Waals surface area (Å²) in [6, 6.07) is 6.07. The second kappa shape index (κ2) is 3.02. The van der Waals surface area contributed by atoms with Crippen molar-refractivity contribution >= 4 is 11.6 Å². The molecule has 0 saturated carbocycles. The maximum absolute atomic E-state index is 5.93. The Morgan fingerprint density at radius 3 is 3.00 bits per heavy atom. The first kappa shape index (κ1) is 8.35. The van der Waals surface area contributed by atoms with Gasteiger partial charge in [0, 0.05) is 31.2 Å². The number of rotatable bonds is 1. The van der Waals surface area contributed by atoms with Gasteiger partial charge in [-0.3, -0.25) is 0 Å². The molecule has 1 aliphatic rings. The minimum absolute atomic E-state index is 0.843.